The van der Waals surface area contributed by atoms with Crippen molar-refractivity contribution in [3.05, 3.63) is 23.3 Å². The van der Waals surface area contributed by atoms with Crippen molar-refractivity contribution in [3.8, 4) is 0 Å². The Labute approximate surface area is 209 Å². The van der Waals surface area contributed by atoms with Gasteiger partial charge in [-0.1, -0.05) is 57.1 Å². The first kappa shape index (κ1) is 29.9. The van der Waals surface area contributed by atoms with Crippen molar-refractivity contribution in [1.82, 2.24) is 0 Å². The minimum Gasteiger partial charge on any atom is -0.550 e. The van der Waals surface area contributed by atoms with E-state index in [1.807, 2.05) is 0 Å². The van der Waals surface area contributed by atoms with Gasteiger partial charge < -0.3 is 19.4 Å². The van der Waals surface area contributed by atoms with Crippen LogP contribution in [0.25, 0.3) is 0 Å². The first-order chi connectivity index (χ1) is 14.6. The molecule has 1 rings (SSSR count). The average Bonchev–Trinajstić information content (AvgIpc) is 3.09. The molecule has 1 heterocycles. The average molecular weight is 445 g/mol. The fourth-order valence-corrected chi connectivity index (χ4v) is 3.57. The molecular formula is C24H37NaO6. The third-order valence-corrected chi connectivity index (χ3v) is 5.34. The molecule has 170 valence electrons. The summed E-state index contributed by atoms with van der Waals surface area (Å²) in [5, 5.41) is 10.3. The summed E-state index contributed by atoms with van der Waals surface area (Å²) >= 11 is 0. The smallest absolute Gasteiger partial charge is 0.550 e. The molecule has 0 spiro atoms. The van der Waals surface area contributed by atoms with Gasteiger partial charge in [-0.05, 0) is 56.9 Å². The summed E-state index contributed by atoms with van der Waals surface area (Å²) in [6.45, 7) is 0.220. The molecule has 0 bridgehead atoms. The van der Waals surface area contributed by atoms with Crippen LogP contribution >= 0.6 is 0 Å². The van der Waals surface area contributed by atoms with E-state index >= 15 is 0 Å². The van der Waals surface area contributed by atoms with E-state index in [2.05, 4.69) is 16.9 Å². The maximum absolute atomic E-state index is 11.6. The van der Waals surface area contributed by atoms with Crippen LogP contribution in [0.5, 0.6) is 0 Å². The summed E-state index contributed by atoms with van der Waals surface area (Å²) in [6, 6.07) is 0. The molecule has 6 nitrogen and oxygen atoms in total. The third-order valence-electron chi connectivity index (χ3n) is 5.34. The van der Waals surface area contributed by atoms with Crippen LogP contribution in [0.2, 0.25) is 0 Å². The Morgan fingerprint density at radius 1 is 0.903 bits per heavy atom. The summed E-state index contributed by atoms with van der Waals surface area (Å²) in [4.78, 5) is 33.5. The summed E-state index contributed by atoms with van der Waals surface area (Å²) < 4.78 is 9.60. The zero-order valence-electron chi connectivity index (χ0n) is 19.4. The number of hydrogen-bond donors (Lipinski definition) is 0. The second kappa shape index (κ2) is 19.6. The molecule has 0 radical (unpaired) electrons. The maximum atomic E-state index is 11.6. The van der Waals surface area contributed by atoms with Gasteiger partial charge in [-0.15, -0.1) is 0 Å². The summed E-state index contributed by atoms with van der Waals surface area (Å²) in [7, 11) is 1.28. The van der Waals surface area contributed by atoms with Crippen LogP contribution in [0.3, 0.4) is 0 Å². The predicted molar refractivity (Wildman–Crippen MR) is 113 cm³/mol. The Morgan fingerprint density at radius 3 is 1.97 bits per heavy atom. The van der Waals surface area contributed by atoms with E-state index in [-0.39, 0.29) is 48.2 Å². The van der Waals surface area contributed by atoms with Gasteiger partial charge in [0.15, 0.2) is 0 Å². The van der Waals surface area contributed by atoms with Crippen molar-refractivity contribution < 1.29 is 58.5 Å². The summed E-state index contributed by atoms with van der Waals surface area (Å²) in [5.74, 6) is -2.09. The number of esters is 2. The Balaban J connectivity index is 0.00000900. The van der Waals surface area contributed by atoms with Gasteiger partial charge in [-0.2, -0.15) is 0 Å². The summed E-state index contributed by atoms with van der Waals surface area (Å²) in [6.07, 6.45) is 19.7. The fraction of sp³-hybridized carbons (Fsp3) is 0.708. The van der Waals surface area contributed by atoms with E-state index in [0.717, 1.165) is 69.8 Å². The number of methoxy groups -OCH3 is 1. The quantitative estimate of drug-likeness (QED) is 0.104. The Hall–Kier alpha value is -1.11. The van der Waals surface area contributed by atoms with E-state index in [4.69, 9.17) is 4.74 Å². The first-order valence-electron chi connectivity index (χ1n) is 11.4. The van der Waals surface area contributed by atoms with Crippen LogP contribution in [-0.2, 0) is 23.9 Å². The number of unbranched alkanes of at least 4 members (excludes halogenated alkanes) is 11. The standard InChI is InChI=1S/C24H38O6.Na/c1-29-23(27)22-20(19-30-24(22)28)17-15-13-11-9-7-5-3-2-4-6-8-10-12-14-16-18-21(25)26;/h2,4H,3,5-19H2,1H3,(H,25,26);/q;+1/p-1/b4-2-;. The minimum absolute atomic E-state index is 0. The second-order valence-electron chi connectivity index (χ2n) is 7.86. The van der Waals surface area contributed by atoms with Crippen LogP contribution in [0.4, 0.5) is 0 Å². The van der Waals surface area contributed by atoms with E-state index < -0.39 is 17.9 Å². The van der Waals surface area contributed by atoms with Crippen LogP contribution in [0.15, 0.2) is 23.3 Å². The van der Waals surface area contributed by atoms with Crippen LogP contribution < -0.4 is 34.7 Å². The number of carboxylic acids is 1. The molecule has 0 aliphatic carbocycles. The van der Waals surface area contributed by atoms with Crippen molar-refractivity contribution >= 4 is 17.9 Å². The van der Waals surface area contributed by atoms with Crippen LogP contribution in [0.1, 0.15) is 96.3 Å². The molecule has 1 aliphatic rings. The van der Waals surface area contributed by atoms with Crippen LogP contribution in [0, 0.1) is 0 Å². The number of carbonyl (C=O) groups is 3. The molecule has 0 fully saturated rings. The number of carboxylic acid groups (broad SMARTS) is 1. The normalized spacial score (nSPS) is 13.4. The van der Waals surface area contributed by atoms with E-state index in [1.165, 1.54) is 32.8 Å². The monoisotopic (exact) mass is 444 g/mol. The topological polar surface area (TPSA) is 92.7 Å². The van der Waals surface area contributed by atoms with Gasteiger partial charge in [0.1, 0.15) is 12.2 Å². The minimum atomic E-state index is -0.943. The SMILES string of the molecule is COC(=O)C1=C(CCCCCCCC/C=C\CCCCCCCC(=O)[O-])COC1=O.[Na+]. The number of hydrogen-bond acceptors (Lipinski definition) is 6. The predicted octanol–water partition coefficient (Wildman–Crippen LogP) is 1.17. The molecule has 0 N–H and O–H groups in total. The maximum Gasteiger partial charge on any atom is 1.00 e. The number of carbonyl (C=O) groups excluding carboxylic acids is 3. The van der Waals surface area contributed by atoms with Crippen molar-refractivity contribution in [2.45, 2.75) is 96.3 Å². The van der Waals surface area contributed by atoms with Crippen molar-refractivity contribution in [1.29, 1.82) is 0 Å². The number of cyclic esters (lactones) is 1. The molecule has 0 atom stereocenters. The van der Waals surface area contributed by atoms with Gasteiger partial charge in [0.2, 0.25) is 0 Å². The number of aliphatic carboxylic acids is 1. The zero-order valence-corrected chi connectivity index (χ0v) is 21.4. The summed E-state index contributed by atoms with van der Waals surface area (Å²) in [5.41, 5.74) is 0.870. The van der Waals surface area contributed by atoms with Crippen LogP contribution in [-0.4, -0.2) is 31.6 Å². The van der Waals surface area contributed by atoms with Gasteiger partial charge in [-0.3, -0.25) is 0 Å². The van der Waals surface area contributed by atoms with E-state index in [0.29, 0.717) is 0 Å². The second-order valence-corrected chi connectivity index (χ2v) is 7.86. The number of ether oxygens (including phenoxy) is 2. The molecule has 7 heteroatoms. The van der Waals surface area contributed by atoms with Crippen molar-refractivity contribution in [2.24, 2.45) is 0 Å². The van der Waals surface area contributed by atoms with Gasteiger partial charge in [0.05, 0.1) is 7.11 Å². The van der Waals surface area contributed by atoms with Gasteiger partial charge in [-0.25, -0.2) is 9.59 Å². The molecule has 31 heavy (non-hydrogen) atoms. The molecule has 0 aromatic rings. The van der Waals surface area contributed by atoms with E-state index in [9.17, 15) is 19.5 Å². The van der Waals surface area contributed by atoms with Crippen molar-refractivity contribution in [3.63, 3.8) is 0 Å². The first-order valence-corrected chi connectivity index (χ1v) is 11.4. The molecule has 0 aromatic heterocycles. The van der Waals surface area contributed by atoms with Gasteiger partial charge >= 0.3 is 41.5 Å². The number of rotatable bonds is 18. The molecule has 0 saturated heterocycles. The zero-order chi connectivity index (χ0) is 22.0. The van der Waals surface area contributed by atoms with Gasteiger partial charge in [0.25, 0.3) is 0 Å². The third kappa shape index (κ3) is 14.6. The van der Waals surface area contributed by atoms with Crippen molar-refractivity contribution in [2.75, 3.05) is 13.7 Å². The number of allylic oxidation sites excluding steroid dienone is 2. The Bertz CT molecular complexity index is 597. The fourth-order valence-electron chi connectivity index (χ4n) is 3.57. The van der Waals surface area contributed by atoms with Gasteiger partial charge in [0, 0.05) is 5.97 Å². The molecule has 1 aliphatic heterocycles. The van der Waals surface area contributed by atoms with E-state index in [1.54, 1.807) is 0 Å². The molecule has 0 amide bonds. The molecule has 0 saturated carbocycles. The Morgan fingerprint density at radius 2 is 1.42 bits per heavy atom. The largest absolute Gasteiger partial charge is 1.00 e. The molecule has 0 aromatic carbocycles. The molecule has 0 unspecified atom stereocenters. The Kier molecular flexibility index (Phi) is 18.9. The molecular weight excluding hydrogens is 407 g/mol.